The monoisotopic (exact) mass is 637 g/mol. The van der Waals surface area contributed by atoms with Crippen molar-refractivity contribution in [1.82, 2.24) is 19.6 Å². The van der Waals surface area contributed by atoms with Gasteiger partial charge in [-0.15, -0.1) is 0 Å². The first-order valence-corrected chi connectivity index (χ1v) is 14.1. The molecule has 0 bridgehead atoms. The lowest BCUT2D eigenvalue weighted by molar-refractivity contribution is -0.128. The van der Waals surface area contributed by atoms with Gasteiger partial charge >= 0.3 is 6.18 Å². The van der Waals surface area contributed by atoms with Crippen LogP contribution in [0.2, 0.25) is 0 Å². The van der Waals surface area contributed by atoms with E-state index in [2.05, 4.69) is 43.0 Å². The summed E-state index contributed by atoms with van der Waals surface area (Å²) in [5, 5.41) is 11.2. The zero-order valence-electron chi connectivity index (χ0n) is 24.2. The van der Waals surface area contributed by atoms with Crippen LogP contribution in [0.4, 0.5) is 34.6 Å². The fourth-order valence-corrected chi connectivity index (χ4v) is 4.92. The number of hydrogen-bond donors (Lipinski definition) is 4. The largest absolute Gasteiger partial charge is 0.495 e. The molecule has 15 heteroatoms. The summed E-state index contributed by atoms with van der Waals surface area (Å²) in [6, 6.07) is 6.35. The van der Waals surface area contributed by atoms with Crippen LogP contribution in [0.5, 0.6) is 5.75 Å². The Kier molecular flexibility index (Phi) is 10.4. The topological polar surface area (TPSA) is 112 Å². The van der Waals surface area contributed by atoms with E-state index in [4.69, 9.17) is 16.3 Å². The Morgan fingerprint density at radius 2 is 1.98 bits per heavy atom. The number of aromatic nitrogens is 2. The maximum atomic E-state index is 13.8. The van der Waals surface area contributed by atoms with Crippen LogP contribution in [0.25, 0.3) is 5.65 Å². The third-order valence-corrected chi connectivity index (χ3v) is 7.21. The molecule has 2 amide bonds. The average Bonchev–Trinajstić information content (AvgIpc) is 3.31. The Bertz CT molecular complexity index is 1570. The van der Waals surface area contributed by atoms with E-state index in [-0.39, 0.29) is 41.2 Å². The number of para-hydroxylation sites is 1. The number of fused-ring (bicyclic) bond motifs is 1. The number of amides is 2. The molecule has 4 rings (SSSR count). The van der Waals surface area contributed by atoms with Crippen molar-refractivity contribution < 1.29 is 31.9 Å². The van der Waals surface area contributed by atoms with Crippen molar-refractivity contribution in [3.8, 4) is 17.6 Å². The molecule has 1 atom stereocenters. The first-order chi connectivity index (χ1) is 20.9. The van der Waals surface area contributed by atoms with Crippen LogP contribution in [-0.2, 0) is 11.2 Å². The Hall–Kier alpha value is -4.22. The number of anilines is 3. The zero-order chi connectivity index (χ0) is 32.0. The second-order valence-corrected chi connectivity index (χ2v) is 10.5. The highest BCUT2D eigenvalue weighted by Gasteiger charge is 2.32. The Balaban J connectivity index is 1.74. The van der Waals surface area contributed by atoms with Gasteiger partial charge in [0.25, 0.3) is 17.4 Å². The molecule has 0 saturated carbocycles. The summed E-state index contributed by atoms with van der Waals surface area (Å²) < 4.78 is 61.4. The number of alkyl halides is 5. The van der Waals surface area contributed by atoms with Gasteiger partial charge in [-0.2, -0.15) is 13.2 Å². The number of hydrogen-bond acceptors (Lipinski definition) is 7. The van der Waals surface area contributed by atoms with E-state index in [1.165, 1.54) is 30.8 Å². The quantitative estimate of drug-likeness (QED) is 0.158. The standard InChI is InChI=1S/C29H32ClF4N7O3/c1-35-27(42)19-6-4-8-23(44-3)24(19)36-11-5-7-20-22(15-29(32,33)34)41-16-18(38-28(43)25(30)31)14-21(26(41)39-20)37-17-9-12-40(2)13-10-17/h4,6,8,14,16-17,25,36-37H,9-13,15H2,1-3H3,(H,35,42)(H,38,43). The van der Waals surface area contributed by atoms with Gasteiger partial charge in [0.05, 0.1) is 48.4 Å². The van der Waals surface area contributed by atoms with Gasteiger partial charge in [0.2, 0.25) is 0 Å². The number of benzene rings is 1. The van der Waals surface area contributed by atoms with Gasteiger partial charge < -0.3 is 30.9 Å². The Morgan fingerprint density at radius 3 is 2.61 bits per heavy atom. The second-order valence-electron chi connectivity index (χ2n) is 10.2. The summed E-state index contributed by atoms with van der Waals surface area (Å²) in [4.78, 5) is 31.0. The van der Waals surface area contributed by atoms with Crippen molar-refractivity contribution in [3.05, 3.63) is 47.4 Å². The van der Waals surface area contributed by atoms with Gasteiger partial charge in [-0.1, -0.05) is 23.6 Å². The van der Waals surface area contributed by atoms with Crippen LogP contribution >= 0.6 is 11.6 Å². The Morgan fingerprint density at radius 1 is 1.25 bits per heavy atom. The number of imidazole rings is 1. The van der Waals surface area contributed by atoms with Crippen LogP contribution in [0.1, 0.15) is 34.6 Å². The lowest BCUT2D eigenvalue weighted by Crippen LogP contribution is -2.36. The number of ether oxygens (including phenoxy) is 1. The molecule has 1 unspecified atom stereocenters. The molecular weight excluding hydrogens is 606 g/mol. The van der Waals surface area contributed by atoms with E-state index in [9.17, 15) is 27.2 Å². The zero-order valence-corrected chi connectivity index (χ0v) is 25.0. The van der Waals surface area contributed by atoms with Crippen molar-refractivity contribution >= 4 is 46.1 Å². The van der Waals surface area contributed by atoms with Gasteiger partial charge in [0.1, 0.15) is 11.4 Å². The molecule has 0 radical (unpaired) electrons. The van der Waals surface area contributed by atoms with Gasteiger partial charge in [0.15, 0.2) is 5.65 Å². The minimum atomic E-state index is -4.62. The van der Waals surface area contributed by atoms with Crippen LogP contribution in [0, 0.1) is 11.8 Å². The van der Waals surface area contributed by atoms with E-state index >= 15 is 0 Å². The molecule has 10 nitrogen and oxygen atoms in total. The fourth-order valence-electron chi connectivity index (χ4n) is 4.86. The van der Waals surface area contributed by atoms with Crippen LogP contribution in [0.3, 0.4) is 0 Å². The maximum absolute atomic E-state index is 13.8. The molecule has 1 aromatic carbocycles. The van der Waals surface area contributed by atoms with Gasteiger partial charge in [-0.3, -0.25) is 14.0 Å². The molecule has 4 N–H and O–H groups in total. The van der Waals surface area contributed by atoms with Gasteiger partial charge in [-0.05, 0) is 57.1 Å². The normalized spacial score (nSPS) is 14.8. The number of methoxy groups -OCH3 is 1. The Labute approximate surface area is 256 Å². The fraction of sp³-hybridized carbons (Fsp3) is 0.414. The number of pyridine rings is 1. The number of likely N-dealkylation sites (tertiary alicyclic amines) is 1. The van der Waals surface area contributed by atoms with Crippen molar-refractivity contribution in [3.63, 3.8) is 0 Å². The van der Waals surface area contributed by atoms with Crippen molar-refractivity contribution in [1.29, 1.82) is 0 Å². The molecule has 3 heterocycles. The summed E-state index contributed by atoms with van der Waals surface area (Å²) in [7, 11) is 4.92. The second kappa shape index (κ2) is 14.0. The highest BCUT2D eigenvalue weighted by molar-refractivity contribution is 6.31. The highest BCUT2D eigenvalue weighted by atomic mass is 35.5. The van der Waals surface area contributed by atoms with E-state index in [1.54, 1.807) is 18.2 Å². The number of carbonyl (C=O) groups excluding carboxylic acids is 2. The van der Waals surface area contributed by atoms with Crippen LogP contribution in [0.15, 0.2) is 30.5 Å². The summed E-state index contributed by atoms with van der Waals surface area (Å²) in [6.45, 7) is 1.57. The van der Waals surface area contributed by atoms with Crippen molar-refractivity contribution in [2.24, 2.45) is 0 Å². The molecule has 1 aliphatic heterocycles. The predicted molar refractivity (Wildman–Crippen MR) is 160 cm³/mol. The lowest BCUT2D eigenvalue weighted by Gasteiger charge is -2.30. The molecule has 236 valence electrons. The number of rotatable bonds is 9. The van der Waals surface area contributed by atoms with E-state index in [1.807, 2.05) is 7.05 Å². The molecule has 1 fully saturated rings. The van der Waals surface area contributed by atoms with Crippen molar-refractivity contribution in [2.75, 3.05) is 56.8 Å². The molecule has 3 aromatic rings. The van der Waals surface area contributed by atoms with Gasteiger partial charge in [-0.25, -0.2) is 9.37 Å². The summed E-state index contributed by atoms with van der Waals surface area (Å²) in [5.41, 5.74) is -1.56. The molecule has 1 saturated heterocycles. The molecule has 2 aromatic heterocycles. The number of nitrogens with zero attached hydrogens (tertiary/aromatic N) is 3. The predicted octanol–water partition coefficient (Wildman–Crippen LogP) is 4.25. The molecule has 0 spiro atoms. The minimum absolute atomic E-state index is 0.0141. The maximum Gasteiger partial charge on any atom is 0.394 e. The van der Waals surface area contributed by atoms with Gasteiger partial charge in [0, 0.05) is 19.3 Å². The number of piperidine rings is 1. The van der Waals surface area contributed by atoms with Crippen LogP contribution < -0.4 is 26.0 Å². The van der Waals surface area contributed by atoms with E-state index < -0.39 is 24.1 Å². The summed E-state index contributed by atoms with van der Waals surface area (Å²) in [6.07, 6.45) is -3.23. The molecule has 0 aliphatic carbocycles. The van der Waals surface area contributed by atoms with E-state index in [0.717, 1.165) is 25.9 Å². The molecular formula is C29H32ClF4N7O3. The molecule has 44 heavy (non-hydrogen) atoms. The third kappa shape index (κ3) is 8.03. The van der Waals surface area contributed by atoms with Crippen LogP contribution in [-0.4, -0.2) is 84.8 Å². The summed E-state index contributed by atoms with van der Waals surface area (Å²) >= 11 is 5.28. The third-order valence-electron chi connectivity index (χ3n) is 7.01. The number of halogens is 5. The first kappa shape index (κ1) is 32.7. The first-order valence-electron chi connectivity index (χ1n) is 13.7. The lowest BCUT2D eigenvalue weighted by atomic mass is 10.1. The number of nitrogens with one attached hydrogen (secondary N) is 4. The van der Waals surface area contributed by atoms with E-state index in [0.29, 0.717) is 22.7 Å². The SMILES string of the molecule is CNC(=O)c1cccc(OC)c1NCC#Cc1nc2c(NC3CCN(C)CC3)cc(NC(=O)C(F)Cl)cn2c1CC(F)(F)F. The summed E-state index contributed by atoms with van der Waals surface area (Å²) in [5.74, 6) is 4.36. The smallest absolute Gasteiger partial charge is 0.394 e. The highest BCUT2D eigenvalue weighted by Crippen LogP contribution is 2.31. The number of carbonyl (C=O) groups is 2. The average molecular weight is 638 g/mol. The molecule has 1 aliphatic rings. The minimum Gasteiger partial charge on any atom is -0.495 e. The van der Waals surface area contributed by atoms with Crippen molar-refractivity contribution in [2.45, 2.75) is 37.1 Å².